The van der Waals surface area contributed by atoms with Gasteiger partial charge in [0.25, 0.3) is 5.91 Å². The van der Waals surface area contributed by atoms with E-state index in [1.54, 1.807) is 25.1 Å². The van der Waals surface area contributed by atoms with Crippen LogP contribution in [0.2, 0.25) is 10.0 Å². The van der Waals surface area contributed by atoms with E-state index in [1.165, 1.54) is 7.11 Å². The average Bonchev–Trinajstić information content (AvgIpc) is 2.94. The molecular weight excluding hydrogens is 379 g/mol. The number of amides is 1. The van der Waals surface area contributed by atoms with Gasteiger partial charge in [0.15, 0.2) is 0 Å². The maximum atomic E-state index is 12.9. The highest BCUT2D eigenvalue weighted by Crippen LogP contribution is 2.36. The Hall–Kier alpha value is -2.05. The number of methoxy groups -OCH3 is 1. The number of nitrogens with one attached hydrogen (secondary N) is 1. The summed E-state index contributed by atoms with van der Waals surface area (Å²) in [5.74, 6) is -0.550. The molecule has 0 bridgehead atoms. The Labute approximate surface area is 161 Å². The third kappa shape index (κ3) is 4.37. The van der Waals surface area contributed by atoms with E-state index >= 15 is 0 Å². The number of rotatable bonds is 6. The van der Waals surface area contributed by atoms with Gasteiger partial charge in [-0.2, -0.15) is 0 Å². The minimum atomic E-state index is -0.781. The Morgan fingerprint density at radius 2 is 1.88 bits per heavy atom. The number of hydrogen-bond donors (Lipinski definition) is 1. The number of aryl methyl sites for hydroxylation is 1. The maximum Gasteiger partial charge on any atom is 0.328 e. The van der Waals surface area contributed by atoms with Crippen molar-refractivity contribution in [2.75, 3.05) is 7.11 Å². The summed E-state index contributed by atoms with van der Waals surface area (Å²) in [6.07, 6.45) is 0.435. The summed E-state index contributed by atoms with van der Waals surface area (Å²) in [5, 5.41) is 7.31. The zero-order valence-electron chi connectivity index (χ0n) is 14.9. The number of halogens is 2. The largest absolute Gasteiger partial charge is 0.467 e. The Balaban J connectivity index is 2.41. The Morgan fingerprint density at radius 1 is 1.27 bits per heavy atom. The fourth-order valence-electron chi connectivity index (χ4n) is 2.59. The second-order valence-corrected chi connectivity index (χ2v) is 7.05. The first-order valence-corrected chi connectivity index (χ1v) is 8.81. The van der Waals surface area contributed by atoms with E-state index in [1.807, 2.05) is 13.8 Å². The smallest absolute Gasteiger partial charge is 0.328 e. The number of ether oxygens (including phenoxy) is 1. The summed E-state index contributed by atoms with van der Waals surface area (Å²) in [6.45, 7) is 5.50. The molecule has 1 N–H and O–H groups in total. The predicted molar refractivity (Wildman–Crippen MR) is 99.4 cm³/mol. The van der Waals surface area contributed by atoms with Gasteiger partial charge in [0.1, 0.15) is 23.1 Å². The van der Waals surface area contributed by atoms with Gasteiger partial charge in [-0.3, -0.25) is 4.79 Å². The molecule has 1 amide bonds. The van der Waals surface area contributed by atoms with E-state index in [9.17, 15) is 9.59 Å². The van der Waals surface area contributed by atoms with Crippen molar-refractivity contribution in [1.29, 1.82) is 0 Å². The van der Waals surface area contributed by atoms with E-state index in [-0.39, 0.29) is 17.2 Å². The Morgan fingerprint density at radius 3 is 2.42 bits per heavy atom. The van der Waals surface area contributed by atoms with E-state index in [4.69, 9.17) is 32.5 Å². The van der Waals surface area contributed by atoms with Gasteiger partial charge in [-0.05, 0) is 31.4 Å². The normalized spacial score (nSPS) is 12.1. The third-order valence-corrected chi connectivity index (χ3v) is 4.42. The first-order valence-electron chi connectivity index (χ1n) is 8.05. The molecule has 26 heavy (non-hydrogen) atoms. The zero-order chi connectivity index (χ0) is 19.4. The second kappa shape index (κ2) is 8.56. The Kier molecular flexibility index (Phi) is 6.67. The molecule has 2 aromatic rings. The molecule has 1 heterocycles. The molecule has 140 valence electrons. The van der Waals surface area contributed by atoms with Crippen LogP contribution in [0.1, 0.15) is 36.4 Å². The van der Waals surface area contributed by atoms with Gasteiger partial charge in [-0.1, -0.05) is 48.3 Å². The lowest BCUT2D eigenvalue weighted by molar-refractivity contribution is -0.143. The lowest BCUT2D eigenvalue weighted by Gasteiger charge is -2.18. The molecule has 0 saturated carbocycles. The lowest BCUT2D eigenvalue weighted by Crippen LogP contribution is -2.42. The van der Waals surface area contributed by atoms with E-state index < -0.39 is 17.9 Å². The van der Waals surface area contributed by atoms with Crippen molar-refractivity contribution in [2.24, 2.45) is 5.92 Å². The second-order valence-electron chi connectivity index (χ2n) is 6.24. The van der Waals surface area contributed by atoms with Crippen molar-refractivity contribution in [3.8, 4) is 11.3 Å². The van der Waals surface area contributed by atoms with Crippen LogP contribution in [-0.4, -0.2) is 30.2 Å². The number of aromatic nitrogens is 1. The van der Waals surface area contributed by atoms with Crippen molar-refractivity contribution in [3.63, 3.8) is 0 Å². The van der Waals surface area contributed by atoms with Crippen LogP contribution in [0.4, 0.5) is 0 Å². The SMILES string of the molecule is COC(=O)[C@@H](CC(C)C)NC(=O)c1c(-c2c(Cl)cccc2Cl)noc1C. The molecular formula is C18H20Cl2N2O4. The highest BCUT2D eigenvalue weighted by molar-refractivity contribution is 6.39. The van der Waals surface area contributed by atoms with Crippen molar-refractivity contribution in [2.45, 2.75) is 33.2 Å². The van der Waals surface area contributed by atoms with Crippen molar-refractivity contribution >= 4 is 35.1 Å². The van der Waals surface area contributed by atoms with Gasteiger partial charge in [0.05, 0.1) is 17.2 Å². The van der Waals surface area contributed by atoms with E-state index in [0.29, 0.717) is 27.8 Å². The van der Waals surface area contributed by atoms with Crippen LogP contribution in [0.5, 0.6) is 0 Å². The number of carbonyl (C=O) groups is 2. The van der Waals surface area contributed by atoms with Gasteiger partial charge < -0.3 is 14.6 Å². The molecule has 1 atom stereocenters. The Bertz CT molecular complexity index is 797. The number of carbonyl (C=O) groups excluding carboxylic acids is 2. The summed E-state index contributed by atoms with van der Waals surface area (Å²) in [6, 6.07) is 4.20. The minimum absolute atomic E-state index is 0.178. The summed E-state index contributed by atoms with van der Waals surface area (Å²) in [4.78, 5) is 24.8. The first kappa shape index (κ1) is 20.3. The first-order chi connectivity index (χ1) is 12.3. The topological polar surface area (TPSA) is 81.4 Å². The van der Waals surface area contributed by atoms with Gasteiger partial charge in [-0.15, -0.1) is 0 Å². The fourth-order valence-corrected chi connectivity index (χ4v) is 3.17. The van der Waals surface area contributed by atoms with Crippen molar-refractivity contribution in [3.05, 3.63) is 39.6 Å². The summed E-state index contributed by atoms with van der Waals surface area (Å²) in [7, 11) is 1.28. The highest BCUT2D eigenvalue weighted by Gasteiger charge is 2.29. The van der Waals surface area contributed by atoms with Gasteiger partial charge in [-0.25, -0.2) is 4.79 Å². The van der Waals surface area contributed by atoms with E-state index in [0.717, 1.165) is 0 Å². The molecule has 1 aromatic heterocycles. The standard InChI is InChI=1S/C18H20Cl2N2O4/c1-9(2)8-13(18(24)25-4)21-17(23)14-10(3)26-22-16(14)15-11(19)6-5-7-12(15)20/h5-7,9,13H,8H2,1-4H3,(H,21,23)/t13-/m1/s1. The third-order valence-electron chi connectivity index (χ3n) is 3.79. The van der Waals surface area contributed by atoms with Gasteiger partial charge >= 0.3 is 5.97 Å². The van der Waals surface area contributed by atoms with E-state index in [2.05, 4.69) is 10.5 Å². The molecule has 0 spiro atoms. The maximum absolute atomic E-state index is 12.9. The molecule has 0 radical (unpaired) electrons. The molecule has 6 nitrogen and oxygen atoms in total. The lowest BCUT2D eigenvalue weighted by atomic mass is 10.0. The zero-order valence-corrected chi connectivity index (χ0v) is 16.4. The molecule has 0 aliphatic heterocycles. The molecule has 0 saturated heterocycles. The van der Waals surface area contributed by atoms with Crippen LogP contribution in [0.25, 0.3) is 11.3 Å². The van der Waals surface area contributed by atoms with Crippen molar-refractivity contribution < 1.29 is 18.8 Å². The van der Waals surface area contributed by atoms with Gasteiger partial charge in [0, 0.05) is 5.56 Å². The number of esters is 1. The summed E-state index contributed by atoms with van der Waals surface area (Å²) >= 11 is 12.5. The highest BCUT2D eigenvalue weighted by atomic mass is 35.5. The van der Waals surface area contributed by atoms with Crippen LogP contribution in [0.3, 0.4) is 0 Å². The monoisotopic (exact) mass is 398 g/mol. The minimum Gasteiger partial charge on any atom is -0.467 e. The van der Waals surface area contributed by atoms with Crippen molar-refractivity contribution in [1.82, 2.24) is 10.5 Å². The average molecular weight is 399 g/mol. The molecule has 0 unspecified atom stereocenters. The molecule has 0 fully saturated rings. The quantitative estimate of drug-likeness (QED) is 0.734. The predicted octanol–water partition coefficient (Wildman–Crippen LogP) is 4.27. The molecule has 8 heteroatoms. The number of nitrogens with zero attached hydrogens (tertiary/aromatic N) is 1. The fraction of sp³-hybridized carbons (Fsp3) is 0.389. The molecule has 0 aliphatic rings. The van der Waals surface area contributed by atoms with Crippen LogP contribution >= 0.6 is 23.2 Å². The summed E-state index contributed by atoms with van der Waals surface area (Å²) < 4.78 is 9.97. The molecule has 2 rings (SSSR count). The molecule has 0 aliphatic carbocycles. The van der Waals surface area contributed by atoms with Crippen LogP contribution in [-0.2, 0) is 9.53 Å². The van der Waals surface area contributed by atoms with Gasteiger partial charge in [0.2, 0.25) is 0 Å². The summed E-state index contributed by atoms with van der Waals surface area (Å²) in [5.41, 5.74) is 0.803. The number of hydrogen-bond acceptors (Lipinski definition) is 5. The van der Waals surface area contributed by atoms with Crippen LogP contribution < -0.4 is 5.32 Å². The number of benzene rings is 1. The van der Waals surface area contributed by atoms with Crippen LogP contribution in [0, 0.1) is 12.8 Å². The molecule has 1 aromatic carbocycles. The van der Waals surface area contributed by atoms with Crippen LogP contribution in [0.15, 0.2) is 22.7 Å².